The van der Waals surface area contributed by atoms with Crippen LogP contribution in [0.25, 0.3) is 17.0 Å². The Kier molecular flexibility index (Phi) is 6.29. The molecule has 1 aliphatic heterocycles. The van der Waals surface area contributed by atoms with Crippen LogP contribution in [0, 0.1) is 0 Å². The van der Waals surface area contributed by atoms with Crippen LogP contribution in [0.1, 0.15) is 35.8 Å². The molecule has 180 valence electrons. The first-order valence-corrected chi connectivity index (χ1v) is 10.9. The van der Waals surface area contributed by atoms with Crippen molar-refractivity contribution in [2.75, 3.05) is 25.0 Å². The lowest BCUT2D eigenvalue weighted by Gasteiger charge is -2.23. The van der Waals surface area contributed by atoms with E-state index in [1.807, 2.05) is 0 Å². The molecule has 0 radical (unpaired) electrons. The fraction of sp³-hybridized carbons (Fsp3) is 0.261. The van der Waals surface area contributed by atoms with E-state index in [0.717, 1.165) is 4.57 Å². The van der Waals surface area contributed by atoms with Crippen molar-refractivity contribution in [1.29, 1.82) is 0 Å². The smallest absolute Gasteiger partial charge is 0.330 e. The summed E-state index contributed by atoms with van der Waals surface area (Å²) in [5, 5.41) is 15.8. The molecule has 1 fully saturated rings. The van der Waals surface area contributed by atoms with Gasteiger partial charge in [0.05, 0.1) is 17.6 Å². The Morgan fingerprint density at radius 1 is 1.09 bits per heavy atom. The Balaban J connectivity index is 1.65. The summed E-state index contributed by atoms with van der Waals surface area (Å²) >= 11 is 0. The number of hydrogen-bond donors (Lipinski definition) is 3. The highest BCUT2D eigenvalue weighted by atomic mass is 19.3. The molecule has 2 atom stereocenters. The minimum absolute atomic E-state index is 0.0894. The summed E-state index contributed by atoms with van der Waals surface area (Å²) in [6.45, 7) is 1.46. The Hall–Kier alpha value is -4.03. The fourth-order valence-corrected chi connectivity index (χ4v) is 3.88. The highest BCUT2D eigenvalue weighted by molar-refractivity contribution is 5.79. The largest absolute Gasteiger partial charge is 0.479 e. The number of aliphatic carboxylic acids is 1. The van der Waals surface area contributed by atoms with E-state index in [1.54, 1.807) is 54.6 Å². The summed E-state index contributed by atoms with van der Waals surface area (Å²) in [7, 11) is 0. The summed E-state index contributed by atoms with van der Waals surface area (Å²) in [4.78, 5) is 29.2. The quantitative estimate of drug-likeness (QED) is 0.365. The molecule has 10 nitrogen and oxygen atoms in total. The second-order valence-electron chi connectivity index (χ2n) is 7.80. The van der Waals surface area contributed by atoms with Crippen LogP contribution >= 0.6 is 0 Å². The molecule has 1 aliphatic rings. The molecule has 2 unspecified atom stereocenters. The van der Waals surface area contributed by atoms with Crippen molar-refractivity contribution < 1.29 is 23.4 Å². The topological polar surface area (TPSA) is 127 Å². The van der Waals surface area contributed by atoms with Gasteiger partial charge in [-0.25, -0.2) is 18.6 Å². The normalized spacial score (nSPS) is 16.9. The fourth-order valence-electron chi connectivity index (χ4n) is 3.88. The third-order valence-electron chi connectivity index (χ3n) is 5.49. The summed E-state index contributed by atoms with van der Waals surface area (Å²) in [5.74, 6) is -1.72. The van der Waals surface area contributed by atoms with Gasteiger partial charge >= 0.3 is 5.97 Å². The number of carboxylic acids is 1. The first kappa shape index (κ1) is 22.7. The predicted octanol–water partition coefficient (Wildman–Crippen LogP) is 3.05. The Bertz CT molecular complexity index is 1340. The molecule has 12 heteroatoms. The van der Waals surface area contributed by atoms with Crippen molar-refractivity contribution >= 4 is 23.0 Å². The maximum absolute atomic E-state index is 14.0. The van der Waals surface area contributed by atoms with Gasteiger partial charge in [-0.2, -0.15) is 15.0 Å². The molecule has 2 aromatic carbocycles. The number of fused-ring (bicyclic) bond motifs is 1. The van der Waals surface area contributed by atoms with Gasteiger partial charge in [0.2, 0.25) is 11.9 Å². The highest BCUT2D eigenvalue weighted by Crippen LogP contribution is 2.28. The van der Waals surface area contributed by atoms with Crippen LogP contribution in [0.15, 0.2) is 54.6 Å². The van der Waals surface area contributed by atoms with Crippen LogP contribution in [0.2, 0.25) is 0 Å². The van der Waals surface area contributed by atoms with Crippen molar-refractivity contribution in [1.82, 2.24) is 29.8 Å². The zero-order valence-electron chi connectivity index (χ0n) is 18.3. The van der Waals surface area contributed by atoms with Crippen molar-refractivity contribution in [2.45, 2.75) is 18.6 Å². The van der Waals surface area contributed by atoms with E-state index in [1.165, 1.54) is 0 Å². The number of benzene rings is 2. The number of halogens is 2. The van der Waals surface area contributed by atoms with Gasteiger partial charge in [-0.05, 0) is 17.7 Å². The molecule has 4 aromatic rings. The van der Waals surface area contributed by atoms with Gasteiger partial charge in [0, 0.05) is 13.1 Å². The van der Waals surface area contributed by atoms with Crippen molar-refractivity contribution in [3.63, 3.8) is 0 Å². The lowest BCUT2D eigenvalue weighted by Crippen LogP contribution is -2.34. The number of anilines is 1. The van der Waals surface area contributed by atoms with Gasteiger partial charge in [0.25, 0.3) is 6.43 Å². The molecule has 35 heavy (non-hydrogen) atoms. The van der Waals surface area contributed by atoms with Crippen LogP contribution in [-0.4, -0.2) is 55.3 Å². The standard InChI is InChI=1S/C23H21F2N7O3/c24-18(25)20-27-14-8-4-5-9-15(14)32(20)23-30-19(16-12-26-10-11-35-16)29-22(31-23)28-17(21(33)34)13-6-2-1-3-7-13/h1-9,16-18,26H,10-12H2,(H,33,34)(H,28,29,30,31). The van der Waals surface area contributed by atoms with Gasteiger partial charge in [0.1, 0.15) is 6.10 Å². The molecule has 5 rings (SSSR count). The zero-order chi connectivity index (χ0) is 24.4. The number of nitrogens with zero attached hydrogens (tertiary/aromatic N) is 5. The lowest BCUT2D eigenvalue weighted by atomic mass is 10.1. The van der Waals surface area contributed by atoms with E-state index in [4.69, 9.17) is 4.74 Å². The highest BCUT2D eigenvalue weighted by Gasteiger charge is 2.27. The van der Waals surface area contributed by atoms with Crippen LogP contribution in [0.5, 0.6) is 0 Å². The van der Waals surface area contributed by atoms with Crippen molar-refractivity contribution in [3.05, 3.63) is 71.8 Å². The monoisotopic (exact) mass is 481 g/mol. The van der Waals surface area contributed by atoms with Gasteiger partial charge in [-0.3, -0.25) is 4.57 Å². The summed E-state index contributed by atoms with van der Waals surface area (Å²) in [5.41, 5.74) is 1.20. The van der Waals surface area contributed by atoms with Crippen LogP contribution in [0.3, 0.4) is 0 Å². The number of imidazole rings is 1. The number of nitrogens with one attached hydrogen (secondary N) is 2. The summed E-state index contributed by atoms with van der Waals surface area (Å²) < 4.78 is 34.8. The van der Waals surface area contributed by atoms with Crippen LogP contribution in [0.4, 0.5) is 14.7 Å². The molecule has 3 N–H and O–H groups in total. The van der Waals surface area contributed by atoms with Gasteiger partial charge in [-0.15, -0.1) is 0 Å². The van der Waals surface area contributed by atoms with E-state index in [0.29, 0.717) is 36.3 Å². The number of ether oxygens (including phenoxy) is 1. The Morgan fingerprint density at radius 2 is 1.86 bits per heavy atom. The predicted molar refractivity (Wildman–Crippen MR) is 121 cm³/mol. The minimum Gasteiger partial charge on any atom is -0.479 e. The van der Waals surface area contributed by atoms with E-state index in [2.05, 4.69) is 30.6 Å². The number of aromatic nitrogens is 5. The molecular formula is C23H21F2N7O3. The first-order chi connectivity index (χ1) is 17.0. The molecule has 0 saturated carbocycles. The van der Waals surface area contributed by atoms with E-state index >= 15 is 0 Å². The molecular weight excluding hydrogens is 460 g/mol. The van der Waals surface area contributed by atoms with Crippen molar-refractivity contribution in [2.24, 2.45) is 0 Å². The van der Waals surface area contributed by atoms with E-state index in [-0.39, 0.29) is 17.7 Å². The Morgan fingerprint density at radius 3 is 2.57 bits per heavy atom. The van der Waals surface area contributed by atoms with E-state index < -0.39 is 30.4 Å². The van der Waals surface area contributed by atoms with Gasteiger partial charge < -0.3 is 20.5 Å². The van der Waals surface area contributed by atoms with Gasteiger partial charge in [0.15, 0.2) is 17.7 Å². The molecule has 0 aliphatic carbocycles. The third kappa shape index (κ3) is 4.66. The maximum Gasteiger partial charge on any atom is 0.330 e. The zero-order valence-corrected chi connectivity index (χ0v) is 18.3. The number of carbonyl (C=O) groups is 1. The molecule has 3 heterocycles. The number of morpholine rings is 1. The number of alkyl halides is 2. The third-order valence-corrected chi connectivity index (χ3v) is 5.49. The van der Waals surface area contributed by atoms with Crippen molar-refractivity contribution in [3.8, 4) is 5.95 Å². The average molecular weight is 481 g/mol. The molecule has 2 aromatic heterocycles. The second kappa shape index (κ2) is 9.68. The molecule has 0 bridgehead atoms. The number of carboxylic acid groups (broad SMARTS) is 1. The van der Waals surface area contributed by atoms with Crippen LogP contribution in [-0.2, 0) is 9.53 Å². The molecule has 1 saturated heterocycles. The minimum atomic E-state index is -2.90. The summed E-state index contributed by atoms with van der Waals surface area (Å²) in [6.07, 6.45) is -3.47. The average Bonchev–Trinajstić information content (AvgIpc) is 3.28. The maximum atomic E-state index is 14.0. The number of hydrogen-bond acceptors (Lipinski definition) is 8. The molecule has 0 spiro atoms. The lowest BCUT2D eigenvalue weighted by molar-refractivity contribution is -0.138. The van der Waals surface area contributed by atoms with E-state index in [9.17, 15) is 18.7 Å². The second-order valence-corrected chi connectivity index (χ2v) is 7.80. The van der Waals surface area contributed by atoms with Crippen LogP contribution < -0.4 is 10.6 Å². The molecule has 0 amide bonds. The SMILES string of the molecule is O=C(O)C(Nc1nc(C2CNCCO2)nc(-n2c(C(F)F)nc3ccccc32)n1)c1ccccc1. The Labute approximate surface area is 198 Å². The summed E-state index contributed by atoms with van der Waals surface area (Å²) in [6, 6.07) is 14.0. The number of rotatable bonds is 7. The number of para-hydroxylation sites is 2. The van der Waals surface area contributed by atoms with Gasteiger partial charge in [-0.1, -0.05) is 42.5 Å². The first-order valence-electron chi connectivity index (χ1n) is 10.9.